The van der Waals surface area contributed by atoms with Gasteiger partial charge in [0.1, 0.15) is 12.7 Å². The normalized spacial score (nSPS) is 13.1. The highest BCUT2D eigenvalue weighted by Gasteiger charge is 2.23. The highest BCUT2D eigenvalue weighted by atomic mass is 16.2. The monoisotopic (exact) mass is 411 g/mol. The van der Waals surface area contributed by atoms with E-state index in [0.29, 0.717) is 31.6 Å². The molecule has 7 heteroatoms. The van der Waals surface area contributed by atoms with E-state index in [9.17, 15) is 9.59 Å². The van der Waals surface area contributed by atoms with Crippen molar-refractivity contribution in [1.82, 2.24) is 24.2 Å². The van der Waals surface area contributed by atoms with Crippen molar-refractivity contribution in [3.05, 3.63) is 112 Å². The second-order valence-electron chi connectivity index (χ2n) is 7.67. The summed E-state index contributed by atoms with van der Waals surface area (Å²) in [6.45, 7) is 1.59. The number of fused-ring (bicyclic) bond motifs is 1. The largest absolute Gasteiger partial charge is 0.334 e. The summed E-state index contributed by atoms with van der Waals surface area (Å²) in [5, 5.41) is 7.65. The molecule has 0 spiro atoms. The average molecular weight is 411 g/mol. The molecule has 1 aliphatic heterocycles. The first-order valence-corrected chi connectivity index (χ1v) is 10.2. The van der Waals surface area contributed by atoms with Gasteiger partial charge in [0, 0.05) is 36.6 Å². The lowest BCUT2D eigenvalue weighted by atomic mass is 10.0. The molecule has 0 fully saturated rings. The molecule has 0 saturated heterocycles. The fourth-order valence-electron chi connectivity index (χ4n) is 3.97. The molecule has 0 atom stereocenters. The standard InChI is InChI=1S/C24H21N5O2/c30-23-12-19-9-10-27(14-21(19)15-28(23)13-18-5-2-1-3-6-18)24(31)20-7-4-8-22(11-20)29-16-25-26-17-29/h1-8,11-12,15-17H,9-10,13-14H2. The molecule has 0 aliphatic carbocycles. The molecule has 2 aromatic carbocycles. The van der Waals surface area contributed by atoms with Crippen LogP contribution in [0, 0.1) is 0 Å². The van der Waals surface area contributed by atoms with E-state index in [4.69, 9.17) is 0 Å². The van der Waals surface area contributed by atoms with Crippen LogP contribution >= 0.6 is 0 Å². The molecule has 154 valence electrons. The van der Waals surface area contributed by atoms with Crippen molar-refractivity contribution in [3.63, 3.8) is 0 Å². The first-order valence-electron chi connectivity index (χ1n) is 10.2. The van der Waals surface area contributed by atoms with Crippen LogP contribution in [-0.4, -0.2) is 36.7 Å². The molecule has 0 saturated carbocycles. The minimum atomic E-state index is -0.0265. The summed E-state index contributed by atoms with van der Waals surface area (Å²) >= 11 is 0. The molecule has 5 rings (SSSR count). The minimum Gasteiger partial charge on any atom is -0.334 e. The Bertz CT molecular complexity index is 1280. The Morgan fingerprint density at radius 2 is 1.74 bits per heavy atom. The first kappa shape index (κ1) is 19.0. The summed E-state index contributed by atoms with van der Waals surface area (Å²) in [5.41, 5.74) is 4.56. The molecule has 0 bridgehead atoms. The van der Waals surface area contributed by atoms with Crippen molar-refractivity contribution in [1.29, 1.82) is 0 Å². The van der Waals surface area contributed by atoms with Crippen LogP contribution in [0.4, 0.5) is 0 Å². The van der Waals surface area contributed by atoms with Gasteiger partial charge in [-0.15, -0.1) is 10.2 Å². The molecule has 0 unspecified atom stereocenters. The molecule has 2 aromatic heterocycles. The third kappa shape index (κ3) is 3.90. The van der Waals surface area contributed by atoms with Gasteiger partial charge < -0.3 is 9.47 Å². The maximum Gasteiger partial charge on any atom is 0.254 e. The molecule has 4 aromatic rings. The number of benzene rings is 2. The number of hydrogen-bond donors (Lipinski definition) is 0. The molecule has 31 heavy (non-hydrogen) atoms. The van der Waals surface area contributed by atoms with Crippen LogP contribution < -0.4 is 5.56 Å². The molecule has 0 N–H and O–H groups in total. The summed E-state index contributed by atoms with van der Waals surface area (Å²) in [6.07, 6.45) is 5.78. The van der Waals surface area contributed by atoms with E-state index in [2.05, 4.69) is 10.2 Å². The van der Waals surface area contributed by atoms with E-state index < -0.39 is 0 Å². The van der Waals surface area contributed by atoms with Gasteiger partial charge in [0.15, 0.2) is 0 Å². The number of aromatic nitrogens is 4. The van der Waals surface area contributed by atoms with Crippen LogP contribution in [0.5, 0.6) is 0 Å². The van der Waals surface area contributed by atoms with Crippen LogP contribution in [0.25, 0.3) is 5.69 Å². The summed E-state index contributed by atoms with van der Waals surface area (Å²) in [4.78, 5) is 27.6. The Morgan fingerprint density at radius 1 is 0.935 bits per heavy atom. The van der Waals surface area contributed by atoms with Crippen LogP contribution in [0.2, 0.25) is 0 Å². The predicted molar refractivity (Wildman–Crippen MR) is 116 cm³/mol. The van der Waals surface area contributed by atoms with Crippen molar-refractivity contribution in [2.75, 3.05) is 6.54 Å². The van der Waals surface area contributed by atoms with Crippen LogP contribution in [-0.2, 0) is 19.5 Å². The van der Waals surface area contributed by atoms with Crippen molar-refractivity contribution in [3.8, 4) is 5.69 Å². The summed E-state index contributed by atoms with van der Waals surface area (Å²) in [5.74, 6) is -0.0265. The molecule has 1 amide bonds. The summed E-state index contributed by atoms with van der Waals surface area (Å²) < 4.78 is 3.49. The van der Waals surface area contributed by atoms with E-state index in [1.54, 1.807) is 27.9 Å². The average Bonchev–Trinajstić information content (AvgIpc) is 3.35. The Labute approximate surface area is 179 Å². The third-order valence-corrected chi connectivity index (χ3v) is 5.61. The SMILES string of the molecule is O=C(c1cccc(-n2cnnc2)c1)N1CCc2cc(=O)n(Cc3ccccc3)cc2C1. The molecule has 3 heterocycles. The van der Waals surface area contributed by atoms with Crippen molar-refractivity contribution < 1.29 is 4.79 Å². The second-order valence-corrected chi connectivity index (χ2v) is 7.67. The molecule has 1 aliphatic rings. The number of carbonyl (C=O) groups excluding carboxylic acids is 1. The number of pyridine rings is 1. The maximum atomic E-state index is 13.2. The van der Waals surface area contributed by atoms with Gasteiger partial charge in [0.2, 0.25) is 0 Å². The predicted octanol–water partition coefficient (Wildman–Crippen LogP) is 2.68. The van der Waals surface area contributed by atoms with Gasteiger partial charge in [-0.05, 0) is 41.3 Å². The van der Waals surface area contributed by atoms with E-state index in [0.717, 1.165) is 22.4 Å². The zero-order valence-electron chi connectivity index (χ0n) is 16.9. The number of amides is 1. The minimum absolute atomic E-state index is 0.0102. The lowest BCUT2D eigenvalue weighted by Crippen LogP contribution is -2.37. The fraction of sp³-hybridized carbons (Fsp3) is 0.167. The van der Waals surface area contributed by atoms with Gasteiger partial charge in [-0.1, -0.05) is 36.4 Å². The van der Waals surface area contributed by atoms with E-state index in [1.165, 1.54) is 0 Å². The summed E-state index contributed by atoms with van der Waals surface area (Å²) in [7, 11) is 0. The topological polar surface area (TPSA) is 73.0 Å². The molecule has 7 nitrogen and oxygen atoms in total. The Morgan fingerprint density at radius 3 is 2.55 bits per heavy atom. The van der Waals surface area contributed by atoms with Gasteiger partial charge >= 0.3 is 0 Å². The molecular weight excluding hydrogens is 390 g/mol. The zero-order chi connectivity index (χ0) is 21.2. The lowest BCUT2D eigenvalue weighted by Gasteiger charge is -2.29. The third-order valence-electron chi connectivity index (χ3n) is 5.61. The quantitative estimate of drug-likeness (QED) is 0.518. The number of nitrogens with zero attached hydrogens (tertiary/aromatic N) is 5. The van der Waals surface area contributed by atoms with E-state index in [1.807, 2.05) is 65.7 Å². The highest BCUT2D eigenvalue weighted by molar-refractivity contribution is 5.94. The molecular formula is C24H21N5O2. The van der Waals surface area contributed by atoms with Gasteiger partial charge in [0.25, 0.3) is 11.5 Å². The van der Waals surface area contributed by atoms with Gasteiger partial charge in [-0.2, -0.15) is 0 Å². The maximum absolute atomic E-state index is 13.2. The van der Waals surface area contributed by atoms with E-state index in [-0.39, 0.29) is 11.5 Å². The summed E-state index contributed by atoms with van der Waals surface area (Å²) in [6, 6.07) is 19.1. The molecule has 0 radical (unpaired) electrons. The van der Waals surface area contributed by atoms with Gasteiger partial charge in [-0.25, -0.2) is 0 Å². The smallest absolute Gasteiger partial charge is 0.254 e. The number of hydrogen-bond acceptors (Lipinski definition) is 4. The Kier molecular flexibility index (Phi) is 4.92. The van der Waals surface area contributed by atoms with Crippen molar-refractivity contribution in [2.24, 2.45) is 0 Å². The lowest BCUT2D eigenvalue weighted by molar-refractivity contribution is 0.0734. The van der Waals surface area contributed by atoms with Crippen molar-refractivity contribution in [2.45, 2.75) is 19.5 Å². The number of rotatable bonds is 4. The van der Waals surface area contributed by atoms with E-state index >= 15 is 0 Å². The zero-order valence-corrected chi connectivity index (χ0v) is 16.9. The highest BCUT2D eigenvalue weighted by Crippen LogP contribution is 2.20. The second kappa shape index (κ2) is 8.02. The van der Waals surface area contributed by atoms with Crippen LogP contribution in [0.3, 0.4) is 0 Å². The Balaban J connectivity index is 1.39. The van der Waals surface area contributed by atoms with Gasteiger partial charge in [-0.3, -0.25) is 14.2 Å². The van der Waals surface area contributed by atoms with Crippen LogP contribution in [0.1, 0.15) is 27.0 Å². The van der Waals surface area contributed by atoms with Gasteiger partial charge in [0.05, 0.1) is 6.54 Å². The van der Waals surface area contributed by atoms with Crippen LogP contribution in [0.15, 0.2) is 84.3 Å². The fourth-order valence-corrected chi connectivity index (χ4v) is 3.97. The first-order chi connectivity index (χ1) is 15.2. The number of carbonyl (C=O) groups is 1. The van der Waals surface area contributed by atoms with Crippen molar-refractivity contribution >= 4 is 5.91 Å². The Hall–Kier alpha value is -4.00.